The van der Waals surface area contributed by atoms with Crippen LogP contribution in [0.2, 0.25) is 0 Å². The highest BCUT2D eigenvalue weighted by molar-refractivity contribution is 5.44. The summed E-state index contributed by atoms with van der Waals surface area (Å²) in [7, 11) is 1.64. The van der Waals surface area contributed by atoms with Crippen LogP contribution >= 0.6 is 0 Å². The zero-order chi connectivity index (χ0) is 12.4. The van der Waals surface area contributed by atoms with Crippen LogP contribution in [-0.4, -0.2) is 28.6 Å². The first-order valence-corrected chi connectivity index (χ1v) is 5.91. The quantitative estimate of drug-likeness (QED) is 0.797. The smallest absolute Gasteiger partial charge is 0.221 e. The average Bonchev–Trinajstić information content (AvgIpc) is 2.47. The second kappa shape index (κ2) is 4.60. The predicted octanol–water partition coefficient (Wildman–Crippen LogP) is 1.44. The number of hydrogen-bond acceptors (Lipinski definition) is 5. The molecule has 0 bridgehead atoms. The molecule has 0 N–H and O–H groups in total. The lowest BCUT2D eigenvalue weighted by atomic mass is 10.1. The summed E-state index contributed by atoms with van der Waals surface area (Å²) >= 11 is 0. The number of rotatable bonds is 2. The van der Waals surface area contributed by atoms with Gasteiger partial charge in [0, 0.05) is 19.2 Å². The van der Waals surface area contributed by atoms with E-state index in [2.05, 4.69) is 19.9 Å². The number of ether oxygens (including phenoxy) is 1. The summed E-state index contributed by atoms with van der Waals surface area (Å²) in [5.41, 5.74) is 2.14. The lowest BCUT2D eigenvalue weighted by Gasteiger charge is -2.29. The van der Waals surface area contributed by atoms with E-state index in [1.807, 2.05) is 24.4 Å². The van der Waals surface area contributed by atoms with Crippen LogP contribution in [0.3, 0.4) is 0 Å². The van der Waals surface area contributed by atoms with E-state index >= 15 is 0 Å². The average molecular weight is 242 g/mol. The van der Waals surface area contributed by atoms with Gasteiger partial charge in [0.05, 0.1) is 24.9 Å². The minimum atomic E-state index is 0.667. The molecule has 18 heavy (non-hydrogen) atoms. The molecule has 0 spiro atoms. The van der Waals surface area contributed by atoms with Crippen molar-refractivity contribution in [1.29, 1.82) is 0 Å². The molecule has 0 aliphatic carbocycles. The van der Waals surface area contributed by atoms with E-state index in [9.17, 15) is 0 Å². The Labute approximate surface area is 105 Å². The van der Waals surface area contributed by atoms with Gasteiger partial charge in [-0.25, -0.2) is 15.0 Å². The van der Waals surface area contributed by atoms with Gasteiger partial charge in [0.1, 0.15) is 12.1 Å². The summed E-state index contributed by atoms with van der Waals surface area (Å²) in [6.45, 7) is 1.67. The molecule has 1 aliphatic heterocycles. The Morgan fingerprint density at radius 2 is 2.17 bits per heavy atom. The highest BCUT2D eigenvalue weighted by atomic mass is 16.5. The molecule has 5 heteroatoms. The van der Waals surface area contributed by atoms with Gasteiger partial charge in [0.2, 0.25) is 5.88 Å². The van der Waals surface area contributed by atoms with E-state index in [1.54, 1.807) is 13.4 Å². The molecule has 92 valence electrons. The van der Waals surface area contributed by atoms with Crippen molar-refractivity contribution in [3.05, 3.63) is 42.0 Å². The summed E-state index contributed by atoms with van der Waals surface area (Å²) in [6, 6.07) is 5.93. The number of pyridine rings is 1. The van der Waals surface area contributed by atoms with E-state index in [1.165, 1.54) is 0 Å². The zero-order valence-electron chi connectivity index (χ0n) is 10.2. The first-order valence-electron chi connectivity index (χ1n) is 5.91. The van der Waals surface area contributed by atoms with Gasteiger partial charge >= 0.3 is 0 Å². The summed E-state index contributed by atoms with van der Waals surface area (Å²) in [4.78, 5) is 15.1. The molecule has 0 unspecified atom stereocenters. The Balaban J connectivity index is 1.93. The topological polar surface area (TPSA) is 51.1 Å². The second-order valence-electron chi connectivity index (χ2n) is 4.17. The van der Waals surface area contributed by atoms with Gasteiger partial charge in [-0.1, -0.05) is 6.07 Å². The minimum Gasteiger partial charge on any atom is -0.481 e. The fourth-order valence-corrected chi connectivity index (χ4v) is 2.23. The van der Waals surface area contributed by atoms with Crippen LogP contribution in [0.15, 0.2) is 30.7 Å². The monoisotopic (exact) mass is 242 g/mol. The molecule has 0 aromatic carbocycles. The molecule has 0 radical (unpaired) electrons. The highest BCUT2D eigenvalue weighted by Gasteiger charge is 2.22. The number of nitrogens with zero attached hydrogens (tertiary/aromatic N) is 4. The minimum absolute atomic E-state index is 0.667. The molecule has 0 saturated carbocycles. The summed E-state index contributed by atoms with van der Waals surface area (Å²) in [5.74, 6) is 1.65. The van der Waals surface area contributed by atoms with Crippen molar-refractivity contribution in [2.24, 2.45) is 0 Å². The Bertz CT molecular complexity index is 530. The van der Waals surface area contributed by atoms with Gasteiger partial charge in [0.25, 0.3) is 0 Å². The van der Waals surface area contributed by atoms with Crippen LogP contribution < -0.4 is 9.64 Å². The molecule has 2 aromatic heterocycles. The van der Waals surface area contributed by atoms with E-state index in [0.717, 1.165) is 36.6 Å². The van der Waals surface area contributed by atoms with Gasteiger partial charge in [-0.05, 0) is 12.1 Å². The summed E-state index contributed by atoms with van der Waals surface area (Å²) < 4.78 is 5.30. The standard InChI is InChI=1S/C13H14N4O/c1-18-13-10-8-17(12-4-2-3-6-14-12)7-5-11(10)15-9-16-13/h2-4,6,9H,5,7-8H2,1H3. The maximum absolute atomic E-state index is 5.30. The van der Waals surface area contributed by atoms with Crippen molar-refractivity contribution < 1.29 is 4.74 Å². The summed E-state index contributed by atoms with van der Waals surface area (Å²) in [6.07, 6.45) is 4.27. The largest absolute Gasteiger partial charge is 0.481 e. The Morgan fingerprint density at radius 1 is 1.22 bits per heavy atom. The van der Waals surface area contributed by atoms with Crippen LogP contribution in [0.5, 0.6) is 5.88 Å². The van der Waals surface area contributed by atoms with Crippen LogP contribution in [0, 0.1) is 0 Å². The van der Waals surface area contributed by atoms with Crippen molar-refractivity contribution >= 4 is 5.82 Å². The number of fused-ring (bicyclic) bond motifs is 1. The van der Waals surface area contributed by atoms with Gasteiger partial charge in [-0.3, -0.25) is 0 Å². The zero-order valence-corrected chi connectivity index (χ0v) is 10.2. The van der Waals surface area contributed by atoms with Crippen molar-refractivity contribution in [2.75, 3.05) is 18.6 Å². The van der Waals surface area contributed by atoms with Crippen molar-refractivity contribution in [1.82, 2.24) is 15.0 Å². The van der Waals surface area contributed by atoms with E-state index in [-0.39, 0.29) is 0 Å². The third-order valence-corrected chi connectivity index (χ3v) is 3.13. The number of aromatic nitrogens is 3. The van der Waals surface area contributed by atoms with Gasteiger partial charge in [-0.15, -0.1) is 0 Å². The SMILES string of the molecule is COc1ncnc2c1CN(c1ccccn1)CC2. The normalized spacial score (nSPS) is 14.2. The first kappa shape index (κ1) is 11.0. The lowest BCUT2D eigenvalue weighted by Crippen LogP contribution is -2.32. The van der Waals surface area contributed by atoms with Gasteiger partial charge in [0.15, 0.2) is 0 Å². The van der Waals surface area contributed by atoms with Crippen LogP contribution in [-0.2, 0) is 13.0 Å². The van der Waals surface area contributed by atoms with Crippen LogP contribution in [0.1, 0.15) is 11.3 Å². The molecule has 3 rings (SSSR count). The van der Waals surface area contributed by atoms with Gasteiger partial charge < -0.3 is 9.64 Å². The molecule has 5 nitrogen and oxygen atoms in total. The van der Waals surface area contributed by atoms with E-state index in [4.69, 9.17) is 4.74 Å². The molecule has 0 atom stereocenters. The van der Waals surface area contributed by atoms with E-state index in [0.29, 0.717) is 5.88 Å². The van der Waals surface area contributed by atoms with Crippen molar-refractivity contribution in [3.63, 3.8) is 0 Å². The molecule has 0 fully saturated rings. The predicted molar refractivity (Wildman–Crippen MR) is 67.6 cm³/mol. The number of anilines is 1. The van der Waals surface area contributed by atoms with Crippen molar-refractivity contribution in [3.8, 4) is 5.88 Å². The molecule has 0 amide bonds. The third kappa shape index (κ3) is 1.88. The Morgan fingerprint density at radius 3 is 2.94 bits per heavy atom. The maximum atomic E-state index is 5.30. The van der Waals surface area contributed by atoms with Crippen molar-refractivity contribution in [2.45, 2.75) is 13.0 Å². The van der Waals surface area contributed by atoms with Crippen LogP contribution in [0.4, 0.5) is 5.82 Å². The fraction of sp³-hybridized carbons (Fsp3) is 0.308. The Kier molecular flexibility index (Phi) is 2.80. The van der Waals surface area contributed by atoms with Gasteiger partial charge in [-0.2, -0.15) is 0 Å². The first-order chi connectivity index (χ1) is 8.88. The van der Waals surface area contributed by atoms with E-state index < -0.39 is 0 Å². The highest BCUT2D eigenvalue weighted by Crippen LogP contribution is 2.26. The third-order valence-electron chi connectivity index (χ3n) is 3.13. The van der Waals surface area contributed by atoms with Crippen LogP contribution in [0.25, 0.3) is 0 Å². The number of methoxy groups -OCH3 is 1. The summed E-state index contributed by atoms with van der Waals surface area (Å²) in [5, 5.41) is 0. The maximum Gasteiger partial charge on any atom is 0.221 e. The fourth-order valence-electron chi connectivity index (χ4n) is 2.23. The molecule has 1 aliphatic rings. The molecular weight excluding hydrogens is 228 g/mol. The molecule has 3 heterocycles. The molecular formula is C13H14N4O. The lowest BCUT2D eigenvalue weighted by molar-refractivity contribution is 0.387. The number of hydrogen-bond donors (Lipinski definition) is 0. The molecule has 2 aromatic rings. The second-order valence-corrected chi connectivity index (χ2v) is 4.17. The Hall–Kier alpha value is -2.17. The molecule has 0 saturated heterocycles.